The van der Waals surface area contributed by atoms with Crippen molar-refractivity contribution in [3.05, 3.63) is 35.7 Å². The van der Waals surface area contributed by atoms with Gasteiger partial charge >= 0.3 is 5.97 Å². The van der Waals surface area contributed by atoms with Crippen LogP contribution in [0, 0.1) is 0 Å². The smallest absolute Gasteiger partial charge is 0.331 e. The molecule has 3 heteroatoms. The maximum Gasteiger partial charge on any atom is 0.331 e. The molecule has 1 N–H and O–H groups in total. The molecule has 0 unspecified atom stereocenters. The summed E-state index contributed by atoms with van der Waals surface area (Å²) in [6.07, 6.45) is 3.85. The van der Waals surface area contributed by atoms with Gasteiger partial charge in [-0.25, -0.2) is 4.79 Å². The summed E-state index contributed by atoms with van der Waals surface area (Å²) in [6.45, 7) is 3.66. The fourth-order valence-corrected chi connectivity index (χ4v) is 1.35. The van der Waals surface area contributed by atoms with Crippen molar-refractivity contribution in [2.24, 2.45) is 0 Å². The van der Waals surface area contributed by atoms with Crippen LogP contribution < -0.4 is 0 Å². The van der Waals surface area contributed by atoms with Crippen LogP contribution in [0.25, 0.3) is 5.57 Å². The highest BCUT2D eigenvalue weighted by Gasteiger charge is 2.09. The highest BCUT2D eigenvalue weighted by atomic mass is 16.4. The van der Waals surface area contributed by atoms with E-state index < -0.39 is 5.97 Å². The molecule has 1 heterocycles. The van der Waals surface area contributed by atoms with E-state index in [1.807, 2.05) is 26.0 Å². The zero-order valence-electron chi connectivity index (χ0n) is 8.32. The lowest BCUT2D eigenvalue weighted by atomic mass is 10.0. The minimum atomic E-state index is -0.846. The van der Waals surface area contributed by atoms with Gasteiger partial charge in [0.15, 0.2) is 0 Å². The normalized spacial score (nSPS) is 12.1. The number of carboxylic acids is 1. The first-order chi connectivity index (χ1) is 6.66. The first-order valence-electron chi connectivity index (χ1n) is 4.50. The van der Waals surface area contributed by atoms with Crippen molar-refractivity contribution in [3.63, 3.8) is 0 Å². The second-order valence-electron chi connectivity index (χ2n) is 3.00. The molecule has 0 aromatic carbocycles. The molecule has 74 valence electrons. The van der Waals surface area contributed by atoms with Gasteiger partial charge in [-0.15, -0.1) is 0 Å². The van der Waals surface area contributed by atoms with Crippen LogP contribution in [0.2, 0.25) is 0 Å². The monoisotopic (exact) mass is 191 g/mol. The molecule has 0 spiro atoms. The van der Waals surface area contributed by atoms with E-state index >= 15 is 0 Å². The van der Waals surface area contributed by atoms with E-state index in [1.165, 1.54) is 0 Å². The number of aromatic nitrogens is 1. The number of rotatable bonds is 3. The standard InChI is InChI=1S/C11H13NO2/c1-3-10(11(13)14)8(2)9-4-6-12-7-5-9/h4-7H,3H2,1-2H3,(H,13,14)/b10-8-. The summed E-state index contributed by atoms with van der Waals surface area (Å²) < 4.78 is 0. The van der Waals surface area contributed by atoms with Crippen molar-refractivity contribution in [2.45, 2.75) is 20.3 Å². The predicted octanol–water partition coefficient (Wildman–Crippen LogP) is 2.35. The Bertz CT molecular complexity index is 355. The summed E-state index contributed by atoms with van der Waals surface area (Å²) in [7, 11) is 0. The van der Waals surface area contributed by atoms with Crippen molar-refractivity contribution in [3.8, 4) is 0 Å². The number of pyridine rings is 1. The molecule has 3 nitrogen and oxygen atoms in total. The van der Waals surface area contributed by atoms with E-state index in [0.717, 1.165) is 11.1 Å². The zero-order chi connectivity index (χ0) is 10.6. The van der Waals surface area contributed by atoms with Gasteiger partial charge in [0.05, 0.1) is 0 Å². The van der Waals surface area contributed by atoms with Gasteiger partial charge in [-0.05, 0) is 36.6 Å². The topological polar surface area (TPSA) is 50.2 Å². The molecule has 1 aromatic heterocycles. The molecule has 0 saturated carbocycles. The number of allylic oxidation sites excluding steroid dienone is 1. The summed E-state index contributed by atoms with van der Waals surface area (Å²) in [5.41, 5.74) is 2.18. The largest absolute Gasteiger partial charge is 0.478 e. The maximum atomic E-state index is 10.9. The molecule has 1 aromatic rings. The second-order valence-corrected chi connectivity index (χ2v) is 3.00. The van der Waals surface area contributed by atoms with Crippen LogP contribution in [0.3, 0.4) is 0 Å². The SMILES string of the molecule is CC/C(C(=O)O)=C(\C)c1ccncc1. The van der Waals surface area contributed by atoms with Crippen LogP contribution in [0.4, 0.5) is 0 Å². The zero-order valence-corrected chi connectivity index (χ0v) is 8.32. The second kappa shape index (κ2) is 4.56. The van der Waals surface area contributed by atoms with E-state index in [9.17, 15) is 4.79 Å². The van der Waals surface area contributed by atoms with Crippen LogP contribution in [-0.4, -0.2) is 16.1 Å². The van der Waals surface area contributed by atoms with E-state index in [1.54, 1.807) is 12.4 Å². The Labute approximate surface area is 83.1 Å². The third-order valence-electron chi connectivity index (χ3n) is 2.18. The van der Waals surface area contributed by atoms with Gasteiger partial charge in [-0.2, -0.15) is 0 Å². The highest BCUT2D eigenvalue weighted by Crippen LogP contribution is 2.19. The van der Waals surface area contributed by atoms with Gasteiger partial charge < -0.3 is 5.11 Å². The van der Waals surface area contributed by atoms with Gasteiger partial charge in [-0.3, -0.25) is 4.98 Å². The molecule has 0 bridgehead atoms. The quantitative estimate of drug-likeness (QED) is 0.746. The van der Waals surface area contributed by atoms with Crippen LogP contribution in [0.5, 0.6) is 0 Å². The Kier molecular flexibility index (Phi) is 3.40. The molecule has 0 aliphatic heterocycles. The van der Waals surface area contributed by atoms with Crippen molar-refractivity contribution >= 4 is 11.5 Å². The van der Waals surface area contributed by atoms with Crippen LogP contribution in [0.15, 0.2) is 30.1 Å². The first-order valence-corrected chi connectivity index (χ1v) is 4.50. The molecule has 0 aliphatic carbocycles. The van der Waals surface area contributed by atoms with E-state index in [2.05, 4.69) is 4.98 Å². The molecular weight excluding hydrogens is 178 g/mol. The lowest BCUT2D eigenvalue weighted by molar-refractivity contribution is -0.132. The van der Waals surface area contributed by atoms with Crippen LogP contribution >= 0.6 is 0 Å². The average molecular weight is 191 g/mol. The molecule has 0 amide bonds. The van der Waals surface area contributed by atoms with Crippen molar-refractivity contribution < 1.29 is 9.90 Å². The van der Waals surface area contributed by atoms with Gasteiger partial charge in [0.1, 0.15) is 0 Å². The number of carbonyl (C=O) groups is 1. The Morgan fingerprint density at radius 1 is 1.43 bits per heavy atom. The van der Waals surface area contributed by atoms with Crippen molar-refractivity contribution in [1.29, 1.82) is 0 Å². The van der Waals surface area contributed by atoms with Crippen molar-refractivity contribution in [2.75, 3.05) is 0 Å². The van der Waals surface area contributed by atoms with E-state index in [0.29, 0.717) is 12.0 Å². The summed E-state index contributed by atoms with van der Waals surface area (Å²) in [4.78, 5) is 14.8. The molecule has 0 atom stereocenters. The third-order valence-corrected chi connectivity index (χ3v) is 2.18. The molecule has 14 heavy (non-hydrogen) atoms. The Balaban J connectivity index is 3.15. The highest BCUT2D eigenvalue weighted by molar-refractivity contribution is 5.95. The number of nitrogens with zero attached hydrogens (tertiary/aromatic N) is 1. The Morgan fingerprint density at radius 3 is 2.43 bits per heavy atom. The summed E-state index contributed by atoms with van der Waals surface area (Å²) in [6, 6.07) is 3.63. The lowest BCUT2D eigenvalue weighted by Crippen LogP contribution is -2.02. The van der Waals surface area contributed by atoms with Gasteiger partial charge in [0.25, 0.3) is 0 Å². The van der Waals surface area contributed by atoms with Crippen LogP contribution in [-0.2, 0) is 4.79 Å². The molecule has 0 radical (unpaired) electrons. The van der Waals surface area contributed by atoms with Gasteiger partial charge in [-0.1, -0.05) is 6.92 Å². The van der Waals surface area contributed by atoms with Gasteiger partial charge in [0.2, 0.25) is 0 Å². The molecule has 1 rings (SSSR count). The Morgan fingerprint density at radius 2 is 2.00 bits per heavy atom. The fourth-order valence-electron chi connectivity index (χ4n) is 1.35. The molecule has 0 aliphatic rings. The first kappa shape index (κ1) is 10.4. The third kappa shape index (κ3) is 2.19. The predicted molar refractivity (Wildman–Crippen MR) is 54.8 cm³/mol. The van der Waals surface area contributed by atoms with E-state index in [-0.39, 0.29) is 0 Å². The number of hydrogen-bond donors (Lipinski definition) is 1. The number of aliphatic carboxylic acids is 1. The van der Waals surface area contributed by atoms with Crippen LogP contribution in [0.1, 0.15) is 25.8 Å². The molecule has 0 fully saturated rings. The maximum absolute atomic E-state index is 10.9. The molecular formula is C11H13NO2. The fraction of sp³-hybridized carbons (Fsp3) is 0.273. The average Bonchev–Trinajstić information content (AvgIpc) is 2.19. The van der Waals surface area contributed by atoms with Gasteiger partial charge in [0, 0.05) is 18.0 Å². The number of hydrogen-bond acceptors (Lipinski definition) is 2. The summed E-state index contributed by atoms with van der Waals surface area (Å²) >= 11 is 0. The van der Waals surface area contributed by atoms with Crippen molar-refractivity contribution in [1.82, 2.24) is 4.98 Å². The number of carboxylic acid groups (broad SMARTS) is 1. The minimum Gasteiger partial charge on any atom is -0.478 e. The molecule has 0 saturated heterocycles. The minimum absolute atomic E-state index is 0.455. The lowest BCUT2D eigenvalue weighted by Gasteiger charge is -2.05. The summed E-state index contributed by atoms with van der Waals surface area (Å²) in [5, 5.41) is 8.93. The Hall–Kier alpha value is -1.64. The van der Waals surface area contributed by atoms with E-state index in [4.69, 9.17) is 5.11 Å². The summed E-state index contributed by atoms with van der Waals surface area (Å²) in [5.74, 6) is -0.846.